The Morgan fingerprint density at radius 1 is 1.30 bits per heavy atom. The molecule has 0 fully saturated rings. The number of rotatable bonds is 7. The number of pyridine rings is 1. The number of methoxy groups -OCH3 is 1. The highest BCUT2D eigenvalue weighted by molar-refractivity contribution is 5.99. The van der Waals surface area contributed by atoms with Gasteiger partial charge in [0.05, 0.1) is 25.0 Å². The van der Waals surface area contributed by atoms with E-state index in [9.17, 15) is 4.79 Å². The van der Waals surface area contributed by atoms with Gasteiger partial charge in [-0.1, -0.05) is 12.1 Å². The summed E-state index contributed by atoms with van der Waals surface area (Å²) < 4.78 is 5.31. The number of aromatic nitrogens is 1. The second kappa shape index (κ2) is 8.14. The van der Waals surface area contributed by atoms with Crippen molar-refractivity contribution in [2.24, 2.45) is 0 Å². The molecule has 2 aromatic rings. The highest BCUT2D eigenvalue weighted by Gasteiger charge is 2.18. The number of likely N-dealkylation sites (N-methyl/N-ethyl adjacent to an activating group) is 1. The number of nitrogens with one attached hydrogen (secondary N) is 1. The zero-order chi connectivity index (χ0) is 16.7. The fraction of sp³-hybridized carbons (Fsp3) is 0.294. The molecule has 0 saturated carbocycles. The first-order valence-corrected chi connectivity index (χ1v) is 7.46. The van der Waals surface area contributed by atoms with E-state index in [1.54, 1.807) is 30.3 Å². The van der Waals surface area contributed by atoms with Crippen molar-refractivity contribution in [1.29, 1.82) is 0 Å². The molecule has 122 valence electrons. The fourth-order valence-electron chi connectivity index (χ4n) is 2.25. The summed E-state index contributed by atoms with van der Waals surface area (Å²) in [5, 5.41) is 12.2. The first-order chi connectivity index (χ1) is 11.2. The Bertz CT molecular complexity index is 661. The number of benzene rings is 1. The topological polar surface area (TPSA) is 74.7 Å². The van der Waals surface area contributed by atoms with Crippen LogP contribution < -0.4 is 10.1 Å². The molecular weight excluding hydrogens is 294 g/mol. The zero-order valence-electron chi connectivity index (χ0n) is 13.3. The predicted octanol–water partition coefficient (Wildman–Crippen LogP) is 2.29. The van der Waals surface area contributed by atoms with E-state index in [1.807, 2.05) is 31.2 Å². The summed E-state index contributed by atoms with van der Waals surface area (Å²) in [4.78, 5) is 18.5. The van der Waals surface area contributed by atoms with E-state index in [4.69, 9.17) is 9.84 Å². The van der Waals surface area contributed by atoms with Crippen molar-refractivity contribution in [3.8, 4) is 5.75 Å². The Hall–Kier alpha value is -2.60. The summed E-state index contributed by atoms with van der Waals surface area (Å²) in [5.41, 5.74) is 1.18. The van der Waals surface area contributed by atoms with Crippen LogP contribution in [0.1, 0.15) is 17.3 Å². The molecular formula is C17H21N3O3. The normalized spacial score (nSPS) is 10.2. The van der Waals surface area contributed by atoms with Crippen molar-refractivity contribution >= 4 is 17.4 Å². The largest absolute Gasteiger partial charge is 0.495 e. The van der Waals surface area contributed by atoms with Crippen LogP contribution in [-0.2, 0) is 0 Å². The minimum absolute atomic E-state index is 0.0743. The lowest BCUT2D eigenvalue weighted by atomic mass is 10.2. The first kappa shape index (κ1) is 16.8. The number of para-hydroxylation sites is 2. The number of ether oxygens (including phenoxy) is 1. The third kappa shape index (κ3) is 3.98. The highest BCUT2D eigenvalue weighted by atomic mass is 16.5. The molecule has 0 atom stereocenters. The molecule has 0 aliphatic heterocycles. The minimum Gasteiger partial charge on any atom is -0.495 e. The standard InChI is InChI=1S/C17H21N3O3/c1-3-20(11-12-21)17(22)13-7-6-10-18-16(13)19-14-8-4-5-9-15(14)23-2/h4-10,21H,3,11-12H2,1-2H3,(H,18,19). The fourth-order valence-corrected chi connectivity index (χ4v) is 2.25. The summed E-state index contributed by atoms with van der Waals surface area (Å²) in [6.45, 7) is 2.60. The number of carbonyl (C=O) groups is 1. The number of aliphatic hydroxyl groups is 1. The number of carbonyl (C=O) groups excluding carboxylic acids is 1. The molecule has 6 heteroatoms. The van der Waals surface area contributed by atoms with Gasteiger partial charge in [-0.3, -0.25) is 4.79 Å². The molecule has 0 radical (unpaired) electrons. The maximum atomic E-state index is 12.6. The Morgan fingerprint density at radius 3 is 2.78 bits per heavy atom. The molecule has 2 rings (SSSR count). The van der Waals surface area contributed by atoms with E-state index in [0.717, 1.165) is 5.69 Å². The number of amides is 1. The molecule has 0 aliphatic rings. The molecule has 6 nitrogen and oxygen atoms in total. The van der Waals surface area contributed by atoms with Crippen LogP contribution >= 0.6 is 0 Å². The van der Waals surface area contributed by atoms with Crippen LogP contribution in [0.15, 0.2) is 42.6 Å². The second-order valence-corrected chi connectivity index (χ2v) is 4.83. The zero-order valence-corrected chi connectivity index (χ0v) is 13.3. The Kier molecular flexibility index (Phi) is 5.94. The lowest BCUT2D eigenvalue weighted by Gasteiger charge is -2.21. The van der Waals surface area contributed by atoms with E-state index < -0.39 is 0 Å². The maximum absolute atomic E-state index is 12.6. The van der Waals surface area contributed by atoms with Crippen LogP contribution in [0.5, 0.6) is 5.75 Å². The van der Waals surface area contributed by atoms with Gasteiger partial charge in [-0.2, -0.15) is 0 Å². The Balaban J connectivity index is 2.32. The Morgan fingerprint density at radius 2 is 2.09 bits per heavy atom. The summed E-state index contributed by atoms with van der Waals surface area (Å²) >= 11 is 0. The molecule has 23 heavy (non-hydrogen) atoms. The van der Waals surface area contributed by atoms with Crippen LogP contribution in [0.3, 0.4) is 0 Å². The van der Waals surface area contributed by atoms with Crippen LogP contribution in [0.2, 0.25) is 0 Å². The molecule has 2 N–H and O–H groups in total. The van der Waals surface area contributed by atoms with Gasteiger partial charge in [-0.05, 0) is 31.2 Å². The third-order valence-corrected chi connectivity index (χ3v) is 3.44. The second-order valence-electron chi connectivity index (χ2n) is 4.83. The number of anilines is 2. The first-order valence-electron chi connectivity index (χ1n) is 7.46. The quantitative estimate of drug-likeness (QED) is 0.820. The van der Waals surface area contributed by atoms with E-state index in [2.05, 4.69) is 10.3 Å². The average Bonchev–Trinajstić information content (AvgIpc) is 2.60. The summed E-state index contributed by atoms with van der Waals surface area (Å²) in [7, 11) is 1.59. The van der Waals surface area contributed by atoms with Crippen LogP contribution in [0, 0.1) is 0 Å². The number of nitrogens with zero attached hydrogens (tertiary/aromatic N) is 2. The molecule has 0 spiro atoms. The van der Waals surface area contributed by atoms with Crippen LogP contribution in [0.25, 0.3) is 0 Å². The molecule has 0 bridgehead atoms. The smallest absolute Gasteiger partial charge is 0.257 e. The van der Waals surface area contributed by atoms with Crippen molar-refractivity contribution < 1.29 is 14.6 Å². The van der Waals surface area contributed by atoms with Gasteiger partial charge in [-0.15, -0.1) is 0 Å². The number of hydrogen-bond donors (Lipinski definition) is 2. The number of aliphatic hydroxyl groups excluding tert-OH is 1. The molecule has 0 aliphatic carbocycles. The van der Waals surface area contributed by atoms with E-state index in [-0.39, 0.29) is 12.5 Å². The van der Waals surface area contributed by atoms with Gasteiger partial charge in [0.15, 0.2) is 0 Å². The lowest BCUT2D eigenvalue weighted by molar-refractivity contribution is 0.0732. The van der Waals surface area contributed by atoms with E-state index in [0.29, 0.717) is 30.2 Å². The molecule has 1 aromatic carbocycles. The summed E-state index contributed by atoms with van der Waals surface area (Å²) in [6, 6.07) is 10.9. The van der Waals surface area contributed by atoms with Crippen molar-refractivity contribution in [1.82, 2.24) is 9.88 Å². The van der Waals surface area contributed by atoms with Gasteiger partial charge < -0.3 is 20.1 Å². The van der Waals surface area contributed by atoms with Gasteiger partial charge in [-0.25, -0.2) is 4.98 Å². The monoisotopic (exact) mass is 315 g/mol. The molecule has 0 saturated heterocycles. The van der Waals surface area contributed by atoms with Crippen molar-refractivity contribution in [2.45, 2.75) is 6.92 Å². The maximum Gasteiger partial charge on any atom is 0.257 e. The number of hydrogen-bond acceptors (Lipinski definition) is 5. The summed E-state index contributed by atoms with van der Waals surface area (Å²) in [5.74, 6) is 0.949. The lowest BCUT2D eigenvalue weighted by Crippen LogP contribution is -2.33. The SMILES string of the molecule is CCN(CCO)C(=O)c1cccnc1Nc1ccccc1OC. The third-order valence-electron chi connectivity index (χ3n) is 3.44. The van der Waals surface area contributed by atoms with Gasteiger partial charge in [0.25, 0.3) is 5.91 Å². The van der Waals surface area contributed by atoms with Crippen molar-refractivity contribution in [3.05, 3.63) is 48.2 Å². The molecule has 1 aromatic heterocycles. The van der Waals surface area contributed by atoms with Gasteiger partial charge in [0.1, 0.15) is 11.6 Å². The molecule has 1 heterocycles. The Labute approximate surface area is 135 Å². The van der Waals surface area contributed by atoms with E-state index >= 15 is 0 Å². The molecule has 0 unspecified atom stereocenters. The van der Waals surface area contributed by atoms with Gasteiger partial charge in [0.2, 0.25) is 0 Å². The summed E-state index contributed by atoms with van der Waals surface area (Å²) in [6.07, 6.45) is 1.62. The van der Waals surface area contributed by atoms with Gasteiger partial charge in [0, 0.05) is 19.3 Å². The van der Waals surface area contributed by atoms with Crippen LogP contribution in [-0.4, -0.2) is 47.7 Å². The van der Waals surface area contributed by atoms with Crippen molar-refractivity contribution in [3.63, 3.8) is 0 Å². The minimum atomic E-state index is -0.174. The van der Waals surface area contributed by atoms with E-state index in [1.165, 1.54) is 0 Å². The predicted molar refractivity (Wildman–Crippen MR) is 89.2 cm³/mol. The van der Waals surface area contributed by atoms with Crippen molar-refractivity contribution in [2.75, 3.05) is 32.1 Å². The average molecular weight is 315 g/mol. The molecule has 1 amide bonds. The van der Waals surface area contributed by atoms with Crippen LogP contribution in [0.4, 0.5) is 11.5 Å². The van der Waals surface area contributed by atoms with Gasteiger partial charge >= 0.3 is 0 Å². The highest BCUT2D eigenvalue weighted by Crippen LogP contribution is 2.27.